The van der Waals surface area contributed by atoms with Crippen molar-refractivity contribution in [1.29, 1.82) is 0 Å². The Morgan fingerprint density at radius 2 is 1.93 bits per heavy atom. The van der Waals surface area contributed by atoms with Crippen LogP contribution < -0.4 is 5.32 Å². The molecule has 1 heterocycles. The first-order valence-electron chi connectivity index (χ1n) is 9.75. The number of nitrogens with zero attached hydrogens (tertiary/aromatic N) is 1. The van der Waals surface area contributed by atoms with Crippen LogP contribution in [-0.2, 0) is 25.7 Å². The average molecular weight is 372 g/mol. The molecule has 27 heavy (non-hydrogen) atoms. The molecule has 2 amide bonds. The van der Waals surface area contributed by atoms with Crippen LogP contribution in [0.5, 0.6) is 0 Å². The Balaban J connectivity index is 1.51. The number of benzene rings is 1. The topological polar surface area (TPSA) is 75.7 Å². The predicted octanol–water partition coefficient (Wildman–Crippen LogP) is 2.13. The SMILES string of the molecule is COC(=O)C1CCCCC1CNC(=O)C1CC(=O)N(Cc2ccccc2)C1. The van der Waals surface area contributed by atoms with Crippen LogP contribution in [0, 0.1) is 17.8 Å². The summed E-state index contributed by atoms with van der Waals surface area (Å²) in [4.78, 5) is 38.5. The van der Waals surface area contributed by atoms with Crippen LogP contribution in [0.25, 0.3) is 0 Å². The smallest absolute Gasteiger partial charge is 0.309 e. The van der Waals surface area contributed by atoms with Crippen molar-refractivity contribution in [3.8, 4) is 0 Å². The molecule has 1 aliphatic heterocycles. The molecule has 0 aromatic heterocycles. The largest absolute Gasteiger partial charge is 0.469 e. The number of hydrogen-bond acceptors (Lipinski definition) is 4. The van der Waals surface area contributed by atoms with E-state index in [0.717, 1.165) is 31.2 Å². The van der Waals surface area contributed by atoms with Crippen LogP contribution in [0.3, 0.4) is 0 Å². The quantitative estimate of drug-likeness (QED) is 0.776. The number of methoxy groups -OCH3 is 1. The van der Waals surface area contributed by atoms with Crippen LogP contribution in [0.2, 0.25) is 0 Å². The number of carbonyl (C=O) groups is 3. The van der Waals surface area contributed by atoms with Crippen molar-refractivity contribution in [2.24, 2.45) is 17.8 Å². The molecule has 3 unspecified atom stereocenters. The highest BCUT2D eigenvalue weighted by Crippen LogP contribution is 2.30. The monoisotopic (exact) mass is 372 g/mol. The van der Waals surface area contributed by atoms with Crippen molar-refractivity contribution in [2.45, 2.75) is 38.6 Å². The fourth-order valence-corrected chi connectivity index (χ4v) is 4.19. The van der Waals surface area contributed by atoms with Gasteiger partial charge in [-0.05, 0) is 24.3 Å². The van der Waals surface area contributed by atoms with E-state index in [1.165, 1.54) is 7.11 Å². The third-order valence-electron chi connectivity index (χ3n) is 5.75. The van der Waals surface area contributed by atoms with Crippen LogP contribution in [0.1, 0.15) is 37.7 Å². The second-order valence-electron chi connectivity index (χ2n) is 7.58. The number of esters is 1. The molecule has 1 aromatic rings. The zero-order chi connectivity index (χ0) is 19.2. The maximum absolute atomic E-state index is 12.6. The Hall–Kier alpha value is -2.37. The van der Waals surface area contributed by atoms with E-state index in [1.54, 1.807) is 4.90 Å². The van der Waals surface area contributed by atoms with Gasteiger partial charge in [0, 0.05) is 26.1 Å². The molecule has 6 heteroatoms. The van der Waals surface area contributed by atoms with E-state index in [-0.39, 0.29) is 42.0 Å². The van der Waals surface area contributed by atoms with E-state index in [1.807, 2.05) is 30.3 Å². The minimum atomic E-state index is -0.318. The Kier molecular flexibility index (Phi) is 6.48. The summed E-state index contributed by atoms with van der Waals surface area (Å²) in [6.45, 7) is 1.46. The van der Waals surface area contributed by atoms with Crippen molar-refractivity contribution in [3.63, 3.8) is 0 Å². The minimum Gasteiger partial charge on any atom is -0.469 e. The number of ether oxygens (including phenoxy) is 1. The van der Waals surface area contributed by atoms with Crippen molar-refractivity contribution in [1.82, 2.24) is 10.2 Å². The Morgan fingerprint density at radius 1 is 1.19 bits per heavy atom. The summed E-state index contributed by atoms with van der Waals surface area (Å²) in [5.74, 6) is -0.589. The zero-order valence-corrected chi connectivity index (χ0v) is 15.9. The fraction of sp³-hybridized carbons (Fsp3) is 0.571. The second-order valence-corrected chi connectivity index (χ2v) is 7.58. The first kappa shape index (κ1) is 19.4. The van der Waals surface area contributed by atoms with E-state index in [2.05, 4.69) is 5.32 Å². The Morgan fingerprint density at radius 3 is 2.67 bits per heavy atom. The van der Waals surface area contributed by atoms with Crippen molar-refractivity contribution >= 4 is 17.8 Å². The normalized spacial score (nSPS) is 25.3. The third kappa shape index (κ3) is 4.87. The second kappa shape index (κ2) is 9.02. The number of hydrogen-bond donors (Lipinski definition) is 1. The van der Waals surface area contributed by atoms with Gasteiger partial charge in [-0.15, -0.1) is 0 Å². The molecule has 0 spiro atoms. The first-order chi connectivity index (χ1) is 13.1. The predicted molar refractivity (Wildman–Crippen MR) is 100 cm³/mol. The van der Waals surface area contributed by atoms with E-state index < -0.39 is 0 Å². The lowest BCUT2D eigenvalue weighted by atomic mass is 9.79. The van der Waals surface area contributed by atoms with Gasteiger partial charge in [0.15, 0.2) is 0 Å². The lowest BCUT2D eigenvalue weighted by Gasteiger charge is -2.29. The maximum Gasteiger partial charge on any atom is 0.309 e. The minimum absolute atomic E-state index is 0.0177. The van der Waals surface area contributed by atoms with Crippen molar-refractivity contribution in [3.05, 3.63) is 35.9 Å². The van der Waals surface area contributed by atoms with E-state index >= 15 is 0 Å². The highest BCUT2D eigenvalue weighted by atomic mass is 16.5. The number of likely N-dealkylation sites (tertiary alicyclic amines) is 1. The molecule has 1 aliphatic carbocycles. The molecule has 0 radical (unpaired) electrons. The molecule has 1 saturated carbocycles. The molecule has 146 valence electrons. The van der Waals surface area contributed by atoms with Gasteiger partial charge in [0.05, 0.1) is 18.9 Å². The van der Waals surface area contributed by atoms with E-state index in [9.17, 15) is 14.4 Å². The summed E-state index contributed by atoms with van der Waals surface area (Å²) in [5, 5.41) is 2.98. The Labute approximate surface area is 160 Å². The van der Waals surface area contributed by atoms with Crippen LogP contribution in [-0.4, -0.2) is 42.9 Å². The van der Waals surface area contributed by atoms with Crippen LogP contribution in [0.4, 0.5) is 0 Å². The third-order valence-corrected chi connectivity index (χ3v) is 5.75. The van der Waals surface area contributed by atoms with Gasteiger partial charge in [-0.3, -0.25) is 14.4 Å². The lowest BCUT2D eigenvalue weighted by molar-refractivity contribution is -0.149. The van der Waals surface area contributed by atoms with Gasteiger partial charge < -0.3 is 15.0 Å². The van der Waals surface area contributed by atoms with E-state index in [0.29, 0.717) is 19.6 Å². The van der Waals surface area contributed by atoms with Gasteiger partial charge in [-0.1, -0.05) is 43.2 Å². The highest BCUT2D eigenvalue weighted by molar-refractivity contribution is 5.89. The van der Waals surface area contributed by atoms with E-state index in [4.69, 9.17) is 4.74 Å². The molecule has 0 bridgehead atoms. The summed E-state index contributed by atoms with van der Waals surface area (Å²) >= 11 is 0. The molecule has 1 aromatic carbocycles. The van der Waals surface area contributed by atoms with Gasteiger partial charge in [0.1, 0.15) is 0 Å². The molecule has 2 fully saturated rings. The molecular weight excluding hydrogens is 344 g/mol. The van der Waals surface area contributed by atoms with Crippen molar-refractivity contribution in [2.75, 3.05) is 20.2 Å². The highest BCUT2D eigenvalue weighted by Gasteiger charge is 2.36. The number of carbonyl (C=O) groups excluding carboxylic acids is 3. The number of amides is 2. The first-order valence-corrected chi connectivity index (χ1v) is 9.75. The van der Waals surface area contributed by atoms with Gasteiger partial charge in [0.2, 0.25) is 11.8 Å². The summed E-state index contributed by atoms with van der Waals surface area (Å²) in [6.07, 6.45) is 4.09. The number of rotatable bonds is 6. The summed E-state index contributed by atoms with van der Waals surface area (Å²) in [6, 6.07) is 9.80. The average Bonchev–Trinajstić information content (AvgIpc) is 3.07. The lowest BCUT2D eigenvalue weighted by Crippen LogP contribution is -2.40. The van der Waals surface area contributed by atoms with Gasteiger partial charge in [-0.25, -0.2) is 0 Å². The fourth-order valence-electron chi connectivity index (χ4n) is 4.19. The summed E-state index contributed by atoms with van der Waals surface area (Å²) in [7, 11) is 1.41. The molecular formula is C21H28N2O4. The molecule has 1 N–H and O–H groups in total. The number of nitrogens with one attached hydrogen (secondary N) is 1. The van der Waals surface area contributed by atoms with Gasteiger partial charge in [0.25, 0.3) is 0 Å². The standard InChI is InChI=1S/C21H28N2O4/c1-27-21(26)18-10-6-5-9-16(18)12-22-20(25)17-11-19(24)23(14-17)13-15-7-3-2-4-8-15/h2-4,7-8,16-18H,5-6,9-14H2,1H3,(H,22,25). The van der Waals surface area contributed by atoms with Gasteiger partial charge >= 0.3 is 5.97 Å². The molecule has 6 nitrogen and oxygen atoms in total. The molecule has 3 atom stereocenters. The zero-order valence-electron chi connectivity index (χ0n) is 15.9. The van der Waals surface area contributed by atoms with Crippen LogP contribution >= 0.6 is 0 Å². The molecule has 3 rings (SSSR count). The molecule has 1 saturated heterocycles. The maximum atomic E-state index is 12.6. The summed E-state index contributed by atoms with van der Waals surface area (Å²) < 4.78 is 4.91. The molecule has 2 aliphatic rings. The summed E-state index contributed by atoms with van der Waals surface area (Å²) in [5.41, 5.74) is 1.06. The van der Waals surface area contributed by atoms with Crippen molar-refractivity contribution < 1.29 is 19.1 Å². The van der Waals surface area contributed by atoms with Gasteiger partial charge in [-0.2, -0.15) is 0 Å². The van der Waals surface area contributed by atoms with Crippen LogP contribution in [0.15, 0.2) is 30.3 Å². The Bertz CT molecular complexity index is 676.